The van der Waals surface area contributed by atoms with Crippen LogP contribution in [-0.2, 0) is 16.0 Å². The number of ether oxygens (including phenoxy) is 2. The summed E-state index contributed by atoms with van der Waals surface area (Å²) in [6, 6.07) is 14.5. The van der Waals surface area contributed by atoms with Gasteiger partial charge in [0.1, 0.15) is 11.6 Å². The number of aliphatic hydroxyl groups excluding tert-OH is 1. The maximum absolute atomic E-state index is 13.4. The Hall–Kier alpha value is -4.73. The van der Waals surface area contributed by atoms with Gasteiger partial charge in [-0.25, -0.2) is 4.39 Å². The summed E-state index contributed by atoms with van der Waals surface area (Å²) in [6.45, 7) is 0.0991. The highest BCUT2D eigenvalue weighted by molar-refractivity contribution is 6.46. The lowest BCUT2D eigenvalue weighted by Gasteiger charge is -2.25. The second-order valence-corrected chi connectivity index (χ2v) is 8.29. The number of non-ortho nitro benzene ring substituents is 1. The molecule has 37 heavy (non-hydrogen) atoms. The summed E-state index contributed by atoms with van der Waals surface area (Å²) in [6.07, 6.45) is 0.341. The fraction of sp³-hybridized carbons (Fsp3) is 0.185. The van der Waals surface area contributed by atoms with Gasteiger partial charge in [0.15, 0.2) is 11.5 Å². The minimum Gasteiger partial charge on any atom is -0.507 e. The third-order valence-corrected chi connectivity index (χ3v) is 6.17. The number of hydrogen-bond acceptors (Lipinski definition) is 7. The number of halogens is 1. The van der Waals surface area contributed by atoms with Gasteiger partial charge >= 0.3 is 0 Å². The number of rotatable bonds is 8. The van der Waals surface area contributed by atoms with Crippen LogP contribution >= 0.6 is 0 Å². The van der Waals surface area contributed by atoms with Crippen LogP contribution in [0.2, 0.25) is 0 Å². The molecule has 0 radical (unpaired) electrons. The number of carbonyl (C=O) groups is 2. The molecule has 1 aliphatic rings. The van der Waals surface area contributed by atoms with Crippen molar-refractivity contribution >= 4 is 23.1 Å². The third kappa shape index (κ3) is 4.99. The molecule has 1 atom stereocenters. The van der Waals surface area contributed by atoms with E-state index < -0.39 is 34.2 Å². The average Bonchev–Trinajstić information content (AvgIpc) is 3.16. The van der Waals surface area contributed by atoms with Crippen LogP contribution < -0.4 is 9.47 Å². The maximum atomic E-state index is 13.4. The van der Waals surface area contributed by atoms with Crippen LogP contribution in [0.1, 0.15) is 22.7 Å². The van der Waals surface area contributed by atoms with Crippen LogP contribution in [0, 0.1) is 15.9 Å². The molecule has 0 spiro atoms. The molecule has 1 heterocycles. The van der Waals surface area contributed by atoms with Crippen molar-refractivity contribution in [2.45, 2.75) is 12.5 Å². The summed E-state index contributed by atoms with van der Waals surface area (Å²) in [5, 5.41) is 22.2. The molecule has 9 nitrogen and oxygen atoms in total. The minimum atomic E-state index is -1.01. The van der Waals surface area contributed by atoms with Crippen molar-refractivity contribution in [2.75, 3.05) is 20.8 Å². The second-order valence-electron chi connectivity index (χ2n) is 8.29. The molecule has 0 aliphatic carbocycles. The van der Waals surface area contributed by atoms with Crippen molar-refractivity contribution in [1.29, 1.82) is 0 Å². The first-order chi connectivity index (χ1) is 17.7. The van der Waals surface area contributed by atoms with E-state index in [2.05, 4.69) is 0 Å². The van der Waals surface area contributed by atoms with Crippen LogP contribution in [0.15, 0.2) is 72.3 Å². The van der Waals surface area contributed by atoms with Crippen molar-refractivity contribution in [3.63, 3.8) is 0 Å². The molecule has 1 fully saturated rings. The Morgan fingerprint density at radius 3 is 2.24 bits per heavy atom. The predicted molar refractivity (Wildman–Crippen MR) is 132 cm³/mol. The second kappa shape index (κ2) is 10.5. The van der Waals surface area contributed by atoms with Gasteiger partial charge < -0.3 is 19.5 Å². The van der Waals surface area contributed by atoms with Gasteiger partial charge in [-0.1, -0.05) is 6.07 Å². The van der Waals surface area contributed by atoms with Crippen molar-refractivity contribution in [3.8, 4) is 11.5 Å². The molecule has 3 aromatic carbocycles. The molecule has 1 N–H and O–H groups in total. The number of ketones is 1. The smallest absolute Gasteiger partial charge is 0.295 e. The van der Waals surface area contributed by atoms with E-state index in [-0.39, 0.29) is 23.4 Å². The van der Waals surface area contributed by atoms with Crippen LogP contribution in [0.25, 0.3) is 5.76 Å². The molecule has 1 amide bonds. The Bertz CT molecular complexity index is 1380. The first-order valence-corrected chi connectivity index (χ1v) is 11.2. The molecule has 1 saturated heterocycles. The van der Waals surface area contributed by atoms with Crippen LogP contribution in [0.3, 0.4) is 0 Å². The van der Waals surface area contributed by atoms with E-state index in [9.17, 15) is 29.2 Å². The van der Waals surface area contributed by atoms with Crippen LogP contribution in [-0.4, -0.2) is 47.4 Å². The number of methoxy groups -OCH3 is 2. The zero-order valence-electron chi connectivity index (χ0n) is 20.0. The summed E-state index contributed by atoms with van der Waals surface area (Å²) < 4.78 is 24.0. The number of hydrogen-bond donors (Lipinski definition) is 1. The highest BCUT2D eigenvalue weighted by Gasteiger charge is 2.46. The number of aliphatic hydroxyl groups is 1. The Morgan fingerprint density at radius 2 is 1.65 bits per heavy atom. The first-order valence-electron chi connectivity index (χ1n) is 11.2. The zero-order valence-corrected chi connectivity index (χ0v) is 20.0. The lowest BCUT2D eigenvalue weighted by molar-refractivity contribution is -0.384. The minimum absolute atomic E-state index is 0.0991. The SMILES string of the molecule is COc1ccc(CCN2C(=O)C(=O)C(=C(O)c3ccc(F)cc3)[C@@H]2c2ccc([N+](=O)[O-])cc2)cc1OC. The highest BCUT2D eigenvalue weighted by Crippen LogP contribution is 2.40. The van der Waals surface area contributed by atoms with E-state index in [0.29, 0.717) is 23.5 Å². The molecule has 0 unspecified atom stereocenters. The molecule has 0 aromatic heterocycles. The summed E-state index contributed by atoms with van der Waals surface area (Å²) in [5.41, 5.74) is 1.02. The number of benzene rings is 3. The summed E-state index contributed by atoms with van der Waals surface area (Å²) in [5.74, 6) is -1.68. The number of nitro benzene ring substituents is 1. The van der Waals surface area contributed by atoms with E-state index >= 15 is 0 Å². The van der Waals surface area contributed by atoms with Crippen LogP contribution in [0.4, 0.5) is 10.1 Å². The number of nitrogens with zero attached hydrogens (tertiary/aromatic N) is 2. The number of amides is 1. The van der Waals surface area contributed by atoms with E-state index in [1.54, 1.807) is 18.2 Å². The Labute approximate surface area is 211 Å². The number of carbonyl (C=O) groups excluding carboxylic acids is 2. The lowest BCUT2D eigenvalue weighted by Crippen LogP contribution is -2.31. The Kier molecular flexibility index (Phi) is 7.19. The number of Topliss-reactive ketones (excluding diaryl/α,β-unsaturated/α-hetero) is 1. The molecule has 0 bridgehead atoms. The molecule has 3 aromatic rings. The molecule has 4 rings (SSSR count). The van der Waals surface area contributed by atoms with Crippen molar-refractivity contribution in [2.24, 2.45) is 0 Å². The van der Waals surface area contributed by atoms with E-state index in [1.165, 1.54) is 55.5 Å². The molecule has 0 saturated carbocycles. The van der Waals surface area contributed by atoms with Crippen molar-refractivity contribution < 1.29 is 33.5 Å². The fourth-order valence-corrected chi connectivity index (χ4v) is 4.28. The highest BCUT2D eigenvalue weighted by atomic mass is 19.1. The topological polar surface area (TPSA) is 119 Å². The molecule has 190 valence electrons. The molecule has 10 heteroatoms. The maximum Gasteiger partial charge on any atom is 0.295 e. The quantitative estimate of drug-likeness (QED) is 0.158. The number of nitro groups is 1. The first kappa shape index (κ1) is 25.4. The largest absolute Gasteiger partial charge is 0.507 e. The number of likely N-dealkylation sites (tertiary alicyclic amines) is 1. The van der Waals surface area contributed by atoms with Gasteiger partial charge in [0.05, 0.1) is 30.8 Å². The molecular weight excluding hydrogens is 483 g/mol. The zero-order chi connectivity index (χ0) is 26.7. The van der Waals surface area contributed by atoms with Gasteiger partial charge in [0.25, 0.3) is 17.4 Å². The summed E-state index contributed by atoms with van der Waals surface area (Å²) in [4.78, 5) is 38.1. The monoisotopic (exact) mass is 506 g/mol. The fourth-order valence-electron chi connectivity index (χ4n) is 4.28. The predicted octanol–water partition coefficient (Wildman–Crippen LogP) is 4.42. The van der Waals surface area contributed by atoms with Crippen LogP contribution in [0.5, 0.6) is 11.5 Å². The van der Waals surface area contributed by atoms with Crippen molar-refractivity contribution in [3.05, 3.63) is 105 Å². The lowest BCUT2D eigenvalue weighted by atomic mass is 9.95. The van der Waals surface area contributed by atoms with Gasteiger partial charge in [-0.3, -0.25) is 19.7 Å². The van der Waals surface area contributed by atoms with E-state index in [4.69, 9.17) is 9.47 Å². The summed E-state index contributed by atoms with van der Waals surface area (Å²) in [7, 11) is 3.02. The van der Waals surface area contributed by atoms with Gasteiger partial charge in [-0.2, -0.15) is 0 Å². The standard InChI is InChI=1S/C27H23FN2O7/c1-36-21-12-3-16(15-22(21)37-2)13-14-29-24(17-6-10-20(11-7-17)30(34)35)23(26(32)27(29)33)25(31)18-4-8-19(28)9-5-18/h3-12,15,24,31H,13-14H2,1-2H3/t24-/m0/s1. The van der Waals surface area contributed by atoms with E-state index in [1.807, 2.05) is 0 Å². The van der Waals surface area contributed by atoms with Gasteiger partial charge in [0, 0.05) is 24.2 Å². The average molecular weight is 506 g/mol. The van der Waals surface area contributed by atoms with Crippen molar-refractivity contribution in [1.82, 2.24) is 4.90 Å². The summed E-state index contributed by atoms with van der Waals surface area (Å²) >= 11 is 0. The normalized spacial score (nSPS) is 16.6. The molecular formula is C27H23FN2O7. The Morgan fingerprint density at radius 1 is 1.00 bits per heavy atom. The Balaban J connectivity index is 1.75. The van der Waals surface area contributed by atoms with Gasteiger partial charge in [-0.05, 0) is 66.1 Å². The van der Waals surface area contributed by atoms with Gasteiger partial charge in [0.2, 0.25) is 0 Å². The van der Waals surface area contributed by atoms with Gasteiger partial charge in [-0.15, -0.1) is 0 Å². The van der Waals surface area contributed by atoms with E-state index in [0.717, 1.165) is 17.7 Å². The molecule has 1 aliphatic heterocycles. The third-order valence-electron chi connectivity index (χ3n) is 6.17.